The van der Waals surface area contributed by atoms with Gasteiger partial charge in [0, 0.05) is 24.7 Å². The van der Waals surface area contributed by atoms with Gasteiger partial charge in [-0.3, -0.25) is 4.79 Å². The maximum absolute atomic E-state index is 12.5. The first kappa shape index (κ1) is 14.9. The average Bonchev–Trinajstić information content (AvgIpc) is 2.46. The Bertz CT molecular complexity index is 456. The third kappa shape index (κ3) is 3.53. The van der Waals surface area contributed by atoms with Crippen LogP contribution in [0, 0.1) is 5.92 Å². The average molecular weight is 274 g/mol. The molecule has 0 bridgehead atoms. The topological polar surface area (TPSA) is 46.3 Å². The van der Waals surface area contributed by atoms with E-state index in [9.17, 15) is 4.79 Å². The van der Waals surface area contributed by atoms with Crippen LogP contribution >= 0.6 is 0 Å². The highest BCUT2D eigenvalue weighted by Gasteiger charge is 2.28. The number of piperidine rings is 1. The number of para-hydroxylation sites is 1. The maximum atomic E-state index is 12.5. The second kappa shape index (κ2) is 6.78. The zero-order valence-corrected chi connectivity index (χ0v) is 12.6. The van der Waals surface area contributed by atoms with Crippen LogP contribution in [0.5, 0.6) is 0 Å². The van der Waals surface area contributed by atoms with Crippen molar-refractivity contribution in [1.29, 1.82) is 0 Å². The van der Waals surface area contributed by atoms with E-state index in [1.807, 2.05) is 24.3 Å². The number of likely N-dealkylation sites (tertiary alicyclic amines) is 1. The number of anilines is 1. The summed E-state index contributed by atoms with van der Waals surface area (Å²) in [7, 11) is 0. The number of hydrogen-bond donors (Lipinski definition) is 1. The highest BCUT2D eigenvalue weighted by atomic mass is 16.2. The molecule has 1 aromatic rings. The van der Waals surface area contributed by atoms with Crippen LogP contribution in [0.15, 0.2) is 24.3 Å². The van der Waals surface area contributed by atoms with Crippen LogP contribution in [-0.2, 0) is 11.2 Å². The lowest BCUT2D eigenvalue weighted by atomic mass is 9.92. The minimum atomic E-state index is 0.284. The molecule has 1 unspecified atom stereocenters. The Kier molecular flexibility index (Phi) is 5.05. The number of nitrogens with zero attached hydrogens (tertiary/aromatic N) is 1. The van der Waals surface area contributed by atoms with Gasteiger partial charge in [-0.2, -0.15) is 0 Å². The normalized spacial score (nSPS) is 19.4. The van der Waals surface area contributed by atoms with E-state index >= 15 is 0 Å². The molecule has 1 amide bonds. The Morgan fingerprint density at radius 2 is 2.10 bits per heavy atom. The summed E-state index contributed by atoms with van der Waals surface area (Å²) in [5.41, 5.74) is 7.81. The standard InChI is InChI=1S/C17H26N2O/c1-13(2)16-9-5-6-12-19(16)17(20)11-10-14-7-3-4-8-15(14)18/h3-4,7-8,13,16H,5-6,9-12,18H2,1-2H3. The molecule has 2 N–H and O–H groups in total. The van der Waals surface area contributed by atoms with Gasteiger partial charge in [-0.25, -0.2) is 0 Å². The second-order valence-corrected chi connectivity index (χ2v) is 6.09. The van der Waals surface area contributed by atoms with Gasteiger partial charge < -0.3 is 10.6 Å². The number of rotatable bonds is 4. The van der Waals surface area contributed by atoms with Crippen LogP contribution in [0.1, 0.15) is 45.1 Å². The molecule has 1 aliphatic rings. The van der Waals surface area contributed by atoms with E-state index in [1.165, 1.54) is 6.42 Å². The van der Waals surface area contributed by atoms with Crippen molar-refractivity contribution in [3.63, 3.8) is 0 Å². The van der Waals surface area contributed by atoms with Crippen LogP contribution in [0.25, 0.3) is 0 Å². The minimum absolute atomic E-state index is 0.284. The summed E-state index contributed by atoms with van der Waals surface area (Å²) in [5.74, 6) is 0.827. The molecular formula is C17H26N2O. The molecule has 1 heterocycles. The first-order valence-corrected chi connectivity index (χ1v) is 7.72. The predicted octanol–water partition coefficient (Wildman–Crippen LogP) is 3.24. The fourth-order valence-electron chi connectivity index (χ4n) is 3.11. The van der Waals surface area contributed by atoms with E-state index in [-0.39, 0.29) is 5.91 Å². The lowest BCUT2D eigenvalue weighted by Crippen LogP contribution is -2.46. The van der Waals surface area contributed by atoms with Gasteiger partial charge in [-0.1, -0.05) is 32.0 Å². The van der Waals surface area contributed by atoms with E-state index in [0.717, 1.165) is 37.1 Å². The van der Waals surface area contributed by atoms with Gasteiger partial charge in [0.15, 0.2) is 0 Å². The molecule has 110 valence electrons. The molecule has 1 aromatic carbocycles. The van der Waals surface area contributed by atoms with Gasteiger partial charge in [-0.05, 0) is 43.2 Å². The van der Waals surface area contributed by atoms with Gasteiger partial charge in [-0.15, -0.1) is 0 Å². The number of carbonyl (C=O) groups excluding carboxylic acids is 1. The molecule has 0 aliphatic carbocycles. The van der Waals surface area contributed by atoms with Gasteiger partial charge in [0.05, 0.1) is 0 Å². The zero-order valence-electron chi connectivity index (χ0n) is 12.6. The van der Waals surface area contributed by atoms with Crippen molar-refractivity contribution in [1.82, 2.24) is 4.90 Å². The zero-order chi connectivity index (χ0) is 14.5. The fraction of sp³-hybridized carbons (Fsp3) is 0.588. The Labute approximate surface area is 122 Å². The van der Waals surface area contributed by atoms with E-state index in [0.29, 0.717) is 18.4 Å². The van der Waals surface area contributed by atoms with Crippen LogP contribution in [0.3, 0.4) is 0 Å². The number of benzene rings is 1. The lowest BCUT2D eigenvalue weighted by Gasteiger charge is -2.38. The molecule has 3 heteroatoms. The Morgan fingerprint density at radius 3 is 2.80 bits per heavy atom. The summed E-state index contributed by atoms with van der Waals surface area (Å²) in [6.07, 6.45) is 4.85. The SMILES string of the molecule is CC(C)C1CCCCN1C(=O)CCc1ccccc1N. The summed E-state index contributed by atoms with van der Waals surface area (Å²) < 4.78 is 0. The largest absolute Gasteiger partial charge is 0.399 e. The summed E-state index contributed by atoms with van der Waals surface area (Å²) >= 11 is 0. The van der Waals surface area contributed by atoms with Gasteiger partial charge in [0.2, 0.25) is 5.91 Å². The van der Waals surface area contributed by atoms with Gasteiger partial charge >= 0.3 is 0 Å². The first-order valence-electron chi connectivity index (χ1n) is 7.72. The number of aryl methyl sites for hydroxylation is 1. The summed E-state index contributed by atoms with van der Waals surface area (Å²) in [6.45, 7) is 5.35. The van der Waals surface area contributed by atoms with Crippen molar-refractivity contribution >= 4 is 11.6 Å². The van der Waals surface area contributed by atoms with Crippen LogP contribution in [-0.4, -0.2) is 23.4 Å². The molecule has 3 nitrogen and oxygen atoms in total. The highest BCUT2D eigenvalue weighted by molar-refractivity contribution is 5.77. The van der Waals surface area contributed by atoms with E-state index in [1.54, 1.807) is 0 Å². The molecule has 20 heavy (non-hydrogen) atoms. The summed E-state index contributed by atoms with van der Waals surface area (Å²) in [5, 5.41) is 0. The third-order valence-corrected chi connectivity index (χ3v) is 4.30. The van der Waals surface area contributed by atoms with E-state index in [4.69, 9.17) is 5.73 Å². The Balaban J connectivity index is 1.95. The minimum Gasteiger partial charge on any atom is -0.399 e. The van der Waals surface area contributed by atoms with Crippen molar-refractivity contribution in [2.24, 2.45) is 5.92 Å². The maximum Gasteiger partial charge on any atom is 0.223 e. The molecular weight excluding hydrogens is 248 g/mol. The molecule has 1 aliphatic heterocycles. The lowest BCUT2D eigenvalue weighted by molar-refractivity contribution is -0.135. The quantitative estimate of drug-likeness (QED) is 0.857. The van der Waals surface area contributed by atoms with Gasteiger partial charge in [0.1, 0.15) is 0 Å². The number of nitrogens with two attached hydrogens (primary N) is 1. The third-order valence-electron chi connectivity index (χ3n) is 4.30. The summed E-state index contributed by atoms with van der Waals surface area (Å²) in [4.78, 5) is 14.6. The van der Waals surface area contributed by atoms with Crippen molar-refractivity contribution < 1.29 is 4.79 Å². The monoisotopic (exact) mass is 274 g/mol. The van der Waals surface area contributed by atoms with Gasteiger partial charge in [0.25, 0.3) is 0 Å². The van der Waals surface area contributed by atoms with Crippen molar-refractivity contribution in [2.45, 2.75) is 52.0 Å². The first-order chi connectivity index (χ1) is 9.59. The fourth-order valence-corrected chi connectivity index (χ4v) is 3.11. The predicted molar refractivity (Wildman–Crippen MR) is 83.4 cm³/mol. The van der Waals surface area contributed by atoms with Crippen LogP contribution in [0.2, 0.25) is 0 Å². The van der Waals surface area contributed by atoms with Crippen molar-refractivity contribution in [3.05, 3.63) is 29.8 Å². The molecule has 1 fully saturated rings. The molecule has 0 spiro atoms. The Hall–Kier alpha value is -1.51. The molecule has 1 saturated heterocycles. The van der Waals surface area contributed by atoms with Crippen molar-refractivity contribution in [2.75, 3.05) is 12.3 Å². The summed E-state index contributed by atoms with van der Waals surface area (Å²) in [6, 6.07) is 8.24. The van der Waals surface area contributed by atoms with E-state index < -0.39 is 0 Å². The van der Waals surface area contributed by atoms with Crippen LogP contribution < -0.4 is 5.73 Å². The molecule has 0 saturated carbocycles. The van der Waals surface area contributed by atoms with Crippen molar-refractivity contribution in [3.8, 4) is 0 Å². The second-order valence-electron chi connectivity index (χ2n) is 6.09. The smallest absolute Gasteiger partial charge is 0.223 e. The van der Waals surface area contributed by atoms with E-state index in [2.05, 4.69) is 18.7 Å². The number of carbonyl (C=O) groups is 1. The highest BCUT2D eigenvalue weighted by Crippen LogP contribution is 2.24. The number of hydrogen-bond acceptors (Lipinski definition) is 2. The Morgan fingerprint density at radius 1 is 1.35 bits per heavy atom. The molecule has 2 rings (SSSR count). The molecule has 0 radical (unpaired) electrons. The molecule has 1 atom stereocenters. The number of amides is 1. The van der Waals surface area contributed by atoms with Crippen LogP contribution in [0.4, 0.5) is 5.69 Å². The number of nitrogen functional groups attached to an aromatic ring is 1. The molecule has 0 aromatic heterocycles.